The van der Waals surface area contributed by atoms with Crippen molar-refractivity contribution in [2.45, 2.75) is 44.6 Å². The van der Waals surface area contributed by atoms with Crippen LogP contribution in [-0.2, 0) is 10.2 Å². The molecule has 228 valence electrons. The van der Waals surface area contributed by atoms with Gasteiger partial charge in [-0.1, -0.05) is 43.5 Å². The molecule has 2 aromatic carbocycles. The number of benzene rings is 2. The number of hydrogen-bond donors (Lipinski definition) is 5. The molecule has 3 heterocycles. The van der Waals surface area contributed by atoms with Crippen LogP contribution >= 0.6 is 11.6 Å². The summed E-state index contributed by atoms with van der Waals surface area (Å²) in [6.07, 6.45) is 8.90. The molecule has 1 saturated heterocycles. The van der Waals surface area contributed by atoms with Crippen LogP contribution in [0.4, 0.5) is 38.0 Å². The van der Waals surface area contributed by atoms with Gasteiger partial charge in [0.2, 0.25) is 11.9 Å². The molecule has 2 aliphatic heterocycles. The minimum Gasteiger partial charge on any atom is -0.341 e. The number of likely N-dealkylation sites (tertiary alicyclic amines) is 1. The van der Waals surface area contributed by atoms with E-state index < -0.39 is 23.2 Å². The molecule has 2 aliphatic rings. The van der Waals surface area contributed by atoms with Crippen molar-refractivity contribution < 1.29 is 18.8 Å². The lowest BCUT2D eigenvalue weighted by Gasteiger charge is -2.28. The predicted molar refractivity (Wildman–Crippen MR) is 167 cm³/mol. The molecule has 0 radical (unpaired) electrons. The maximum Gasteiger partial charge on any atom is 0.318 e. The maximum atomic E-state index is 14.8. The van der Waals surface area contributed by atoms with Crippen LogP contribution in [0.5, 0.6) is 0 Å². The molecular weight excluding hydrogens is 587 g/mol. The van der Waals surface area contributed by atoms with Gasteiger partial charge >= 0.3 is 6.03 Å². The van der Waals surface area contributed by atoms with Crippen molar-refractivity contribution in [1.82, 2.24) is 25.5 Å². The largest absolute Gasteiger partial charge is 0.341 e. The summed E-state index contributed by atoms with van der Waals surface area (Å²) in [5.74, 6) is 0.922. The van der Waals surface area contributed by atoms with E-state index in [4.69, 9.17) is 18.0 Å². The highest BCUT2D eigenvalue weighted by Gasteiger charge is 2.37. The molecule has 3 aromatic rings. The number of carbonyl (C=O) groups excluding carboxylic acids is 3. The predicted octanol–water partition coefficient (Wildman–Crippen LogP) is 4.91. The normalized spacial score (nSPS) is 17.0. The van der Waals surface area contributed by atoms with E-state index in [0.29, 0.717) is 30.9 Å². The molecule has 13 heteroatoms. The van der Waals surface area contributed by atoms with E-state index >= 15 is 0 Å². The summed E-state index contributed by atoms with van der Waals surface area (Å²) in [6, 6.07) is 8.60. The van der Waals surface area contributed by atoms with E-state index in [1.807, 2.05) is 26.0 Å². The molecular formula is C31H32ClFN8O3. The number of nitrogens with zero attached hydrogens (tertiary/aromatic N) is 3. The van der Waals surface area contributed by atoms with Crippen molar-refractivity contribution in [3.05, 3.63) is 64.6 Å². The fourth-order valence-electron chi connectivity index (χ4n) is 5.35. The Morgan fingerprint density at radius 3 is 2.73 bits per heavy atom. The third-order valence-electron chi connectivity index (χ3n) is 7.58. The van der Waals surface area contributed by atoms with Gasteiger partial charge in [-0.25, -0.2) is 14.2 Å². The molecule has 11 nitrogen and oxygen atoms in total. The number of halogens is 2. The van der Waals surface area contributed by atoms with E-state index in [2.05, 4.69) is 42.5 Å². The number of urea groups is 1. The first-order valence-corrected chi connectivity index (χ1v) is 14.5. The second-order valence-electron chi connectivity index (χ2n) is 11.2. The summed E-state index contributed by atoms with van der Waals surface area (Å²) in [5.41, 5.74) is 1.51. The summed E-state index contributed by atoms with van der Waals surface area (Å²) in [5, 5.41) is 14.4. The zero-order chi connectivity index (χ0) is 31.4. The number of para-hydroxylation sites is 1. The third kappa shape index (κ3) is 6.68. The zero-order valence-electron chi connectivity index (χ0n) is 24.3. The number of hydrogen-bond acceptors (Lipinski definition) is 7. The summed E-state index contributed by atoms with van der Waals surface area (Å²) in [6.45, 7) is 5.40. The highest BCUT2D eigenvalue weighted by atomic mass is 35.5. The Bertz CT molecular complexity index is 1650. The number of anilines is 5. The fourth-order valence-corrected chi connectivity index (χ4v) is 5.49. The first kappa shape index (κ1) is 30.6. The van der Waals surface area contributed by atoms with Crippen molar-refractivity contribution >= 4 is 58.3 Å². The topological polar surface area (TPSA) is 140 Å². The molecule has 5 N–H and O–H groups in total. The lowest BCUT2D eigenvalue weighted by atomic mass is 9.79. The number of terminal acetylenes is 1. The Labute approximate surface area is 259 Å². The molecule has 0 saturated carbocycles. The summed E-state index contributed by atoms with van der Waals surface area (Å²) in [7, 11) is 0. The van der Waals surface area contributed by atoms with Gasteiger partial charge in [0.05, 0.1) is 24.0 Å². The van der Waals surface area contributed by atoms with Crippen LogP contribution in [0.25, 0.3) is 0 Å². The monoisotopic (exact) mass is 618 g/mol. The van der Waals surface area contributed by atoms with Crippen LogP contribution in [0, 0.1) is 18.2 Å². The summed E-state index contributed by atoms with van der Waals surface area (Å²) in [4.78, 5) is 48.9. The summed E-state index contributed by atoms with van der Waals surface area (Å²) < 4.78 is 14.8. The maximum absolute atomic E-state index is 14.8. The van der Waals surface area contributed by atoms with E-state index in [1.165, 1.54) is 24.4 Å². The van der Waals surface area contributed by atoms with Crippen molar-refractivity contribution in [3.8, 4) is 12.3 Å². The molecule has 0 spiro atoms. The van der Waals surface area contributed by atoms with Crippen molar-refractivity contribution in [2.24, 2.45) is 0 Å². The Hall–Kier alpha value is -4.89. The van der Waals surface area contributed by atoms with Gasteiger partial charge in [-0.2, -0.15) is 4.98 Å². The van der Waals surface area contributed by atoms with Crippen molar-refractivity contribution in [1.29, 1.82) is 0 Å². The number of aromatic nitrogens is 2. The highest BCUT2D eigenvalue weighted by Crippen LogP contribution is 2.39. The Kier molecular flexibility index (Phi) is 8.87. The number of carbonyl (C=O) groups is 3. The molecule has 0 aliphatic carbocycles. The van der Waals surface area contributed by atoms with E-state index in [-0.39, 0.29) is 46.5 Å². The van der Waals surface area contributed by atoms with Gasteiger partial charge in [-0.05, 0) is 54.5 Å². The Morgan fingerprint density at radius 1 is 1.20 bits per heavy atom. The average Bonchev–Trinajstić information content (AvgIpc) is 3.51. The molecule has 5 rings (SSSR count). The average molecular weight is 619 g/mol. The van der Waals surface area contributed by atoms with Crippen LogP contribution in [-0.4, -0.2) is 58.4 Å². The van der Waals surface area contributed by atoms with Crippen molar-refractivity contribution in [2.75, 3.05) is 35.6 Å². The van der Waals surface area contributed by atoms with Crippen molar-refractivity contribution in [3.63, 3.8) is 0 Å². The minimum atomic E-state index is -0.702. The van der Waals surface area contributed by atoms with Crippen LogP contribution in [0.15, 0.2) is 42.6 Å². The molecule has 1 aromatic heterocycles. The number of fused-ring (bicyclic) bond motifs is 1. The van der Waals surface area contributed by atoms with E-state index in [1.54, 1.807) is 11.0 Å². The summed E-state index contributed by atoms with van der Waals surface area (Å²) >= 11 is 6.32. The Balaban J connectivity index is 1.35. The molecule has 1 fully saturated rings. The van der Waals surface area contributed by atoms with Gasteiger partial charge in [-0.15, -0.1) is 6.42 Å². The number of rotatable bonds is 7. The molecule has 4 amide bonds. The number of amides is 4. The van der Waals surface area contributed by atoms with Gasteiger partial charge in [0.25, 0.3) is 5.91 Å². The molecule has 1 unspecified atom stereocenters. The van der Waals surface area contributed by atoms with Gasteiger partial charge in [0, 0.05) is 24.5 Å². The number of nitrogens with one attached hydrogen (secondary N) is 5. The first-order valence-electron chi connectivity index (χ1n) is 14.1. The zero-order valence-corrected chi connectivity index (χ0v) is 25.0. The molecule has 1 atom stereocenters. The Morgan fingerprint density at radius 2 is 1.98 bits per heavy atom. The second-order valence-corrected chi connectivity index (χ2v) is 11.6. The third-order valence-corrected chi connectivity index (χ3v) is 7.86. The van der Waals surface area contributed by atoms with Crippen LogP contribution in [0.2, 0.25) is 5.02 Å². The van der Waals surface area contributed by atoms with Gasteiger partial charge in [0.1, 0.15) is 16.9 Å². The highest BCUT2D eigenvalue weighted by molar-refractivity contribution is 6.33. The van der Waals surface area contributed by atoms with Crippen LogP contribution in [0.1, 0.15) is 49.0 Å². The standard InChI is InChI=1S/C31H32ClFN8O3/c1-4-12-34-27(42)19-8-7-9-22(33)25(19)39-26-21(32)17-35-29(40-26)36-18-10-11-20-23(15-18)37-28(43)24(16-31(20,2)3)38-30(44)41-13-5-6-14-41/h1,7-11,15,17,24H,5-6,12-14,16H2,2-3H3,(H,34,42)(H,37,43)(H,38,44)(H2,35,36,39,40). The SMILES string of the molecule is C#CCNC(=O)c1cccc(F)c1Nc1nc(Nc2ccc3c(c2)NC(=O)C(NC(=O)N2CCCC2)CC3(C)C)ncc1Cl. The van der Waals surface area contributed by atoms with Crippen LogP contribution in [0.3, 0.4) is 0 Å². The van der Waals surface area contributed by atoms with E-state index in [0.717, 1.165) is 18.4 Å². The van der Waals surface area contributed by atoms with Gasteiger partial charge < -0.3 is 31.5 Å². The lowest BCUT2D eigenvalue weighted by molar-refractivity contribution is -0.118. The van der Waals surface area contributed by atoms with Gasteiger partial charge in [-0.3, -0.25) is 9.59 Å². The molecule has 0 bridgehead atoms. The quantitative estimate of drug-likeness (QED) is 0.237. The van der Waals surface area contributed by atoms with E-state index in [9.17, 15) is 18.8 Å². The van der Waals surface area contributed by atoms with Gasteiger partial charge in [0.15, 0.2) is 5.82 Å². The minimum absolute atomic E-state index is 0.0171. The smallest absolute Gasteiger partial charge is 0.318 e. The second kappa shape index (κ2) is 12.8. The van der Waals surface area contributed by atoms with Crippen LogP contribution < -0.4 is 26.6 Å². The fraction of sp³-hybridized carbons (Fsp3) is 0.323. The first-order chi connectivity index (χ1) is 21.1. The lowest BCUT2D eigenvalue weighted by Crippen LogP contribution is -2.49. The molecule has 44 heavy (non-hydrogen) atoms.